The Morgan fingerprint density at radius 2 is 2.15 bits per heavy atom. The van der Waals surface area contributed by atoms with E-state index in [2.05, 4.69) is 4.98 Å². The third kappa shape index (κ3) is 2.18. The van der Waals surface area contributed by atoms with Crippen LogP contribution in [0.1, 0.15) is 12.0 Å². The van der Waals surface area contributed by atoms with Gasteiger partial charge >= 0.3 is 6.09 Å². The Bertz CT molecular complexity index is 761. The first kappa shape index (κ1) is 12.5. The highest BCUT2D eigenvalue weighted by atomic mass is 16.4. The molecule has 0 saturated heterocycles. The van der Waals surface area contributed by atoms with E-state index in [9.17, 15) is 9.59 Å². The number of aromatic nitrogens is 1. The van der Waals surface area contributed by atoms with Crippen LogP contribution in [0.5, 0.6) is 0 Å². The maximum atomic E-state index is 11.6. The lowest BCUT2D eigenvalue weighted by Crippen LogP contribution is -2.33. The van der Waals surface area contributed by atoms with E-state index in [1.165, 1.54) is 4.90 Å². The molecule has 0 radical (unpaired) electrons. The van der Waals surface area contributed by atoms with Gasteiger partial charge in [-0.2, -0.15) is 0 Å². The molecule has 0 fully saturated rings. The SMILES string of the molecule is O=C(O)N1CC=C(c2ccc3c(=O)[nH]ccc3c2)CC1. The van der Waals surface area contributed by atoms with E-state index in [0.29, 0.717) is 24.9 Å². The molecular weight excluding hydrogens is 256 g/mol. The molecule has 1 aliphatic rings. The van der Waals surface area contributed by atoms with Gasteiger partial charge in [0.15, 0.2) is 0 Å². The van der Waals surface area contributed by atoms with Crippen LogP contribution < -0.4 is 5.56 Å². The van der Waals surface area contributed by atoms with Crippen LogP contribution in [0.4, 0.5) is 4.79 Å². The summed E-state index contributed by atoms with van der Waals surface area (Å²) in [7, 11) is 0. The van der Waals surface area contributed by atoms with E-state index >= 15 is 0 Å². The van der Waals surface area contributed by atoms with E-state index in [1.54, 1.807) is 6.20 Å². The first-order valence-electron chi connectivity index (χ1n) is 6.44. The van der Waals surface area contributed by atoms with Gasteiger partial charge in [-0.3, -0.25) is 4.79 Å². The lowest BCUT2D eigenvalue weighted by Gasteiger charge is -2.23. The van der Waals surface area contributed by atoms with E-state index in [4.69, 9.17) is 5.11 Å². The quantitative estimate of drug-likeness (QED) is 0.835. The Morgan fingerprint density at radius 3 is 2.85 bits per heavy atom. The zero-order valence-electron chi connectivity index (χ0n) is 10.8. The molecule has 1 aromatic heterocycles. The number of fused-ring (bicyclic) bond motifs is 1. The number of H-pyrrole nitrogens is 1. The van der Waals surface area contributed by atoms with Crippen molar-refractivity contribution >= 4 is 22.4 Å². The van der Waals surface area contributed by atoms with Crippen LogP contribution in [0.3, 0.4) is 0 Å². The predicted octanol–water partition coefficient (Wildman–Crippen LogP) is 2.30. The Kier molecular flexibility index (Phi) is 3.02. The molecule has 2 aromatic rings. The summed E-state index contributed by atoms with van der Waals surface area (Å²) in [4.78, 5) is 26.5. The van der Waals surface area contributed by atoms with Crippen LogP contribution in [0, 0.1) is 0 Å². The van der Waals surface area contributed by atoms with Crippen LogP contribution >= 0.6 is 0 Å². The number of aromatic amines is 1. The van der Waals surface area contributed by atoms with Gasteiger partial charge in [0.2, 0.25) is 0 Å². The van der Waals surface area contributed by atoms with Crippen molar-refractivity contribution in [3.63, 3.8) is 0 Å². The minimum absolute atomic E-state index is 0.0938. The minimum atomic E-state index is -0.884. The van der Waals surface area contributed by atoms with E-state index in [-0.39, 0.29) is 5.56 Å². The smallest absolute Gasteiger partial charge is 0.407 e. The van der Waals surface area contributed by atoms with Gasteiger partial charge in [0.25, 0.3) is 5.56 Å². The highest BCUT2D eigenvalue weighted by Crippen LogP contribution is 2.24. The molecule has 3 rings (SSSR count). The highest BCUT2D eigenvalue weighted by molar-refractivity contribution is 5.85. The molecule has 0 saturated carbocycles. The monoisotopic (exact) mass is 270 g/mol. The van der Waals surface area contributed by atoms with Gasteiger partial charge in [0.05, 0.1) is 0 Å². The van der Waals surface area contributed by atoms with Crippen molar-refractivity contribution in [2.45, 2.75) is 6.42 Å². The zero-order valence-corrected chi connectivity index (χ0v) is 10.8. The van der Waals surface area contributed by atoms with Gasteiger partial charge in [-0.15, -0.1) is 0 Å². The zero-order chi connectivity index (χ0) is 14.1. The number of carbonyl (C=O) groups is 1. The lowest BCUT2D eigenvalue weighted by atomic mass is 9.97. The molecule has 2 N–H and O–H groups in total. The number of nitrogens with zero attached hydrogens (tertiary/aromatic N) is 1. The number of carboxylic acid groups (broad SMARTS) is 1. The average Bonchev–Trinajstić information content (AvgIpc) is 2.47. The number of nitrogens with one attached hydrogen (secondary N) is 1. The second kappa shape index (κ2) is 4.85. The van der Waals surface area contributed by atoms with Crippen LogP contribution in [0.15, 0.2) is 41.3 Å². The van der Waals surface area contributed by atoms with Gasteiger partial charge < -0.3 is 15.0 Å². The lowest BCUT2D eigenvalue weighted by molar-refractivity contribution is 0.150. The predicted molar refractivity (Wildman–Crippen MR) is 76.8 cm³/mol. The van der Waals surface area contributed by atoms with Gasteiger partial charge in [0.1, 0.15) is 0 Å². The molecule has 0 bridgehead atoms. The van der Waals surface area contributed by atoms with Crippen LogP contribution in [0.25, 0.3) is 16.3 Å². The maximum absolute atomic E-state index is 11.6. The van der Waals surface area contributed by atoms with Crippen LogP contribution in [-0.2, 0) is 0 Å². The molecule has 5 nitrogen and oxygen atoms in total. The van der Waals surface area contributed by atoms with Gasteiger partial charge in [-0.05, 0) is 41.1 Å². The molecular formula is C15H14N2O3. The van der Waals surface area contributed by atoms with E-state index < -0.39 is 6.09 Å². The maximum Gasteiger partial charge on any atom is 0.407 e. The summed E-state index contributed by atoms with van der Waals surface area (Å²) in [5.41, 5.74) is 2.08. The number of rotatable bonds is 1. The fourth-order valence-electron chi connectivity index (χ4n) is 2.50. The van der Waals surface area contributed by atoms with Crippen molar-refractivity contribution < 1.29 is 9.90 Å². The molecule has 5 heteroatoms. The molecule has 1 aromatic carbocycles. The normalized spacial score (nSPS) is 15.2. The van der Waals surface area contributed by atoms with Gasteiger partial charge in [-0.1, -0.05) is 12.1 Å². The minimum Gasteiger partial charge on any atom is -0.465 e. The molecule has 1 aliphatic heterocycles. The summed E-state index contributed by atoms with van der Waals surface area (Å²) >= 11 is 0. The summed E-state index contributed by atoms with van der Waals surface area (Å²) in [5, 5.41) is 10.5. The van der Waals surface area contributed by atoms with Crippen LogP contribution in [-0.4, -0.2) is 34.2 Å². The van der Waals surface area contributed by atoms with Crippen molar-refractivity contribution in [3.05, 3.63) is 52.5 Å². The van der Waals surface area contributed by atoms with Crippen molar-refractivity contribution in [2.24, 2.45) is 0 Å². The molecule has 0 aliphatic carbocycles. The van der Waals surface area contributed by atoms with Gasteiger partial charge in [-0.25, -0.2) is 4.79 Å². The summed E-state index contributed by atoms with van der Waals surface area (Å²) in [5.74, 6) is 0. The fraction of sp³-hybridized carbons (Fsp3) is 0.200. The second-order valence-corrected chi connectivity index (χ2v) is 4.82. The Morgan fingerprint density at radius 1 is 1.30 bits per heavy atom. The summed E-state index contributed by atoms with van der Waals surface area (Å²) in [6.07, 6.45) is 3.38. The van der Waals surface area contributed by atoms with E-state index in [0.717, 1.165) is 16.5 Å². The fourth-order valence-corrected chi connectivity index (χ4v) is 2.50. The number of hydrogen-bond donors (Lipinski definition) is 2. The molecule has 20 heavy (non-hydrogen) atoms. The standard InChI is InChI=1S/C15H14N2O3/c18-14-13-2-1-11(9-12(13)3-6-16-14)10-4-7-17(8-5-10)15(19)20/h1-4,6,9H,5,7-8H2,(H,16,18)(H,19,20). The summed E-state index contributed by atoms with van der Waals surface area (Å²) in [6.45, 7) is 0.923. The largest absolute Gasteiger partial charge is 0.465 e. The highest BCUT2D eigenvalue weighted by Gasteiger charge is 2.16. The second-order valence-electron chi connectivity index (χ2n) is 4.82. The Hall–Kier alpha value is -2.56. The Balaban J connectivity index is 1.96. The van der Waals surface area contributed by atoms with Gasteiger partial charge in [0, 0.05) is 24.7 Å². The molecule has 1 amide bonds. The molecule has 0 unspecified atom stereocenters. The number of hydrogen-bond acceptors (Lipinski definition) is 2. The van der Waals surface area contributed by atoms with Crippen molar-refractivity contribution in [1.29, 1.82) is 0 Å². The summed E-state index contributed by atoms with van der Waals surface area (Å²) < 4.78 is 0. The third-order valence-corrected chi connectivity index (χ3v) is 3.62. The number of pyridine rings is 1. The summed E-state index contributed by atoms with van der Waals surface area (Å²) in [6, 6.07) is 7.58. The molecule has 2 heterocycles. The Labute approximate surface area is 115 Å². The van der Waals surface area contributed by atoms with Crippen molar-refractivity contribution in [2.75, 3.05) is 13.1 Å². The first-order valence-corrected chi connectivity index (χ1v) is 6.44. The molecule has 0 atom stereocenters. The van der Waals surface area contributed by atoms with Crippen molar-refractivity contribution in [3.8, 4) is 0 Å². The topological polar surface area (TPSA) is 73.4 Å². The number of benzene rings is 1. The average molecular weight is 270 g/mol. The van der Waals surface area contributed by atoms with Crippen molar-refractivity contribution in [1.82, 2.24) is 9.88 Å². The number of amides is 1. The molecule has 102 valence electrons. The van der Waals surface area contributed by atoms with Crippen LogP contribution in [0.2, 0.25) is 0 Å². The van der Waals surface area contributed by atoms with E-state index in [1.807, 2.05) is 30.3 Å². The first-order chi connectivity index (χ1) is 9.65. The third-order valence-electron chi connectivity index (χ3n) is 3.62. The molecule has 0 spiro atoms.